The van der Waals surface area contributed by atoms with E-state index in [1.807, 2.05) is 0 Å². The Bertz CT molecular complexity index is 1070. The van der Waals surface area contributed by atoms with E-state index < -0.39 is 37.3 Å². The largest absolute Gasteiger partial charge is 0.394 e. The van der Waals surface area contributed by atoms with Crippen LogP contribution in [0.4, 0.5) is 0 Å². The van der Waals surface area contributed by atoms with Gasteiger partial charge in [-0.1, -0.05) is 58.4 Å². The monoisotopic (exact) mass is 604 g/mol. The zero-order valence-corrected chi connectivity index (χ0v) is 27.8. The number of ether oxygens (including phenoxy) is 2. The molecule has 0 unspecified atom stereocenters. The highest BCUT2D eigenvalue weighted by Gasteiger charge is 2.70. The van der Waals surface area contributed by atoms with E-state index in [-0.39, 0.29) is 39.8 Å². The van der Waals surface area contributed by atoms with Gasteiger partial charge in [0, 0.05) is 0 Å². The van der Waals surface area contributed by atoms with Crippen LogP contribution < -0.4 is 0 Å². The lowest BCUT2D eigenvalue weighted by Crippen LogP contribution is -2.67. The first-order valence-corrected chi connectivity index (χ1v) is 17.0. The lowest BCUT2D eigenvalue weighted by atomic mass is 9.35. The van der Waals surface area contributed by atoms with Crippen molar-refractivity contribution in [2.24, 2.45) is 45.3 Å². The maximum Gasteiger partial charge on any atom is 0.186 e. The van der Waals surface area contributed by atoms with Gasteiger partial charge in [-0.05, 0) is 117 Å². The molecule has 14 atom stereocenters. The van der Waals surface area contributed by atoms with Gasteiger partial charge in [-0.2, -0.15) is 0 Å². The Morgan fingerprint density at radius 2 is 1.56 bits per heavy atom. The molecule has 0 aromatic heterocycles. The Labute approximate surface area is 259 Å². The first-order valence-electron chi connectivity index (χ1n) is 17.0. The second-order valence-corrected chi connectivity index (χ2v) is 16.6. The highest BCUT2D eigenvalue weighted by Crippen LogP contribution is 2.75. The molecule has 0 aromatic rings. The molecular formula is C36H60O7. The summed E-state index contributed by atoms with van der Waals surface area (Å²) in [5.41, 5.74) is 2.63. The zero-order valence-electron chi connectivity index (χ0n) is 27.8. The van der Waals surface area contributed by atoms with E-state index in [0.29, 0.717) is 17.8 Å². The van der Waals surface area contributed by atoms with Crippen molar-refractivity contribution in [3.63, 3.8) is 0 Å². The summed E-state index contributed by atoms with van der Waals surface area (Å²) in [6.07, 6.45) is 4.46. The first-order chi connectivity index (χ1) is 20.0. The molecule has 0 amide bonds. The van der Waals surface area contributed by atoms with Crippen molar-refractivity contribution in [2.75, 3.05) is 6.61 Å². The summed E-state index contributed by atoms with van der Waals surface area (Å²) >= 11 is 0. The SMILES string of the molecule is C=C(CCC=C(C)C)[C@H]1CC[C@]2(C)[C@@H]1[C@H](O)C[C@@H]1[C@@]3(C)CC[C@H](O[C@H]4O[C@H](CO)[C@@H](O)[C@H](O)[C@H]4O)C(C)(C)[C@@H]3CC[C@]12C. The van der Waals surface area contributed by atoms with Gasteiger partial charge in [-0.25, -0.2) is 0 Å². The maximum atomic E-state index is 12.0. The van der Waals surface area contributed by atoms with E-state index in [4.69, 9.17) is 9.47 Å². The molecule has 5 fully saturated rings. The van der Waals surface area contributed by atoms with Crippen LogP contribution in [0.2, 0.25) is 0 Å². The molecule has 0 spiro atoms. The average Bonchev–Trinajstić information content (AvgIpc) is 3.31. The Kier molecular flexibility index (Phi) is 9.19. The lowest BCUT2D eigenvalue weighted by Gasteiger charge is -2.70. The quantitative estimate of drug-likeness (QED) is 0.202. The third-order valence-electron chi connectivity index (χ3n) is 14.0. The van der Waals surface area contributed by atoms with Crippen LogP contribution in [0.3, 0.4) is 0 Å². The Morgan fingerprint density at radius 1 is 0.884 bits per heavy atom. The molecule has 0 aromatic carbocycles. The van der Waals surface area contributed by atoms with Crippen molar-refractivity contribution in [1.29, 1.82) is 0 Å². The van der Waals surface area contributed by atoms with Crippen molar-refractivity contribution in [3.8, 4) is 0 Å². The summed E-state index contributed by atoms with van der Waals surface area (Å²) < 4.78 is 12.2. The minimum absolute atomic E-state index is 0.0270. The van der Waals surface area contributed by atoms with Crippen LogP contribution in [0.5, 0.6) is 0 Å². The van der Waals surface area contributed by atoms with Crippen LogP contribution >= 0.6 is 0 Å². The highest BCUT2D eigenvalue weighted by molar-refractivity contribution is 5.22. The van der Waals surface area contributed by atoms with Crippen LogP contribution in [-0.4, -0.2) is 75.1 Å². The van der Waals surface area contributed by atoms with Gasteiger partial charge in [0.1, 0.15) is 24.4 Å². The predicted molar refractivity (Wildman–Crippen MR) is 167 cm³/mol. The zero-order chi connectivity index (χ0) is 31.7. The smallest absolute Gasteiger partial charge is 0.186 e. The van der Waals surface area contributed by atoms with E-state index in [1.54, 1.807) is 0 Å². The molecule has 1 saturated heterocycles. The van der Waals surface area contributed by atoms with Crippen molar-refractivity contribution in [3.05, 3.63) is 23.8 Å². The normalized spacial score (nSPS) is 50.7. The van der Waals surface area contributed by atoms with Gasteiger partial charge in [-0.3, -0.25) is 0 Å². The summed E-state index contributed by atoms with van der Waals surface area (Å²) in [4.78, 5) is 0. The number of hydrogen-bond donors (Lipinski definition) is 5. The average molecular weight is 605 g/mol. The first kappa shape index (κ1) is 33.6. The number of fused-ring (bicyclic) bond motifs is 5. The van der Waals surface area contributed by atoms with Crippen molar-refractivity contribution in [1.82, 2.24) is 0 Å². The minimum Gasteiger partial charge on any atom is -0.394 e. The number of allylic oxidation sites excluding steroid dienone is 3. The predicted octanol–water partition coefficient (Wildman–Crippen LogP) is 5.13. The maximum absolute atomic E-state index is 12.0. The topological polar surface area (TPSA) is 120 Å². The Hall–Kier alpha value is -0.800. The van der Waals surface area contributed by atoms with Gasteiger partial charge in [0.15, 0.2) is 6.29 Å². The standard InChI is InChI=1S/C36H60O7/c1-20(2)10-9-11-21(3)22-12-16-36(8)28(22)23(38)18-26-34(6)15-14-27(33(4,5)25(34)13-17-35(26,36)7)43-32-31(41)30(40)29(39)24(19-37)42-32/h10,22-32,37-41H,3,9,11-19H2,1-2,4-8H3/t22-,23-,24-,25+,26-,27+,28+,29-,30+,31-,32-,34+,35-,36-/m1/s1. The summed E-state index contributed by atoms with van der Waals surface area (Å²) in [6, 6.07) is 0. The molecule has 7 heteroatoms. The molecular weight excluding hydrogens is 544 g/mol. The van der Waals surface area contributed by atoms with Crippen LogP contribution in [-0.2, 0) is 9.47 Å². The molecule has 4 saturated carbocycles. The van der Waals surface area contributed by atoms with Gasteiger partial charge in [0.05, 0.1) is 18.8 Å². The fourth-order valence-electron chi connectivity index (χ4n) is 11.5. The van der Waals surface area contributed by atoms with E-state index in [1.165, 1.54) is 11.1 Å². The number of aliphatic hydroxyl groups excluding tert-OH is 5. The second-order valence-electron chi connectivity index (χ2n) is 16.6. The van der Waals surface area contributed by atoms with Gasteiger partial charge >= 0.3 is 0 Å². The van der Waals surface area contributed by atoms with E-state index in [9.17, 15) is 25.5 Å². The number of hydrogen-bond acceptors (Lipinski definition) is 7. The van der Waals surface area contributed by atoms with Gasteiger partial charge in [-0.15, -0.1) is 0 Å². The summed E-state index contributed by atoms with van der Waals surface area (Å²) in [5.74, 6) is 1.38. The van der Waals surface area contributed by atoms with Crippen molar-refractivity contribution < 1.29 is 35.0 Å². The number of aliphatic hydroxyl groups is 5. The summed E-state index contributed by atoms with van der Waals surface area (Å²) in [5, 5.41) is 52.9. The van der Waals surface area contributed by atoms with Gasteiger partial charge in [0.25, 0.3) is 0 Å². The van der Waals surface area contributed by atoms with E-state index in [2.05, 4.69) is 61.1 Å². The molecule has 5 aliphatic rings. The fourth-order valence-corrected chi connectivity index (χ4v) is 11.5. The lowest BCUT2D eigenvalue weighted by molar-refractivity contribution is -0.331. The molecule has 0 radical (unpaired) electrons. The highest BCUT2D eigenvalue weighted by atomic mass is 16.7. The van der Waals surface area contributed by atoms with Crippen LogP contribution in [0.15, 0.2) is 23.8 Å². The second kappa shape index (κ2) is 11.8. The third kappa shape index (κ3) is 5.21. The molecule has 5 N–H and O–H groups in total. The minimum atomic E-state index is -1.45. The Morgan fingerprint density at radius 3 is 2.21 bits per heavy atom. The van der Waals surface area contributed by atoms with Gasteiger partial charge < -0.3 is 35.0 Å². The molecule has 1 aliphatic heterocycles. The van der Waals surface area contributed by atoms with Crippen LogP contribution in [0, 0.1) is 45.3 Å². The summed E-state index contributed by atoms with van der Waals surface area (Å²) in [7, 11) is 0. The fraction of sp³-hybridized carbons (Fsp3) is 0.889. The van der Waals surface area contributed by atoms with Crippen LogP contribution in [0.25, 0.3) is 0 Å². The van der Waals surface area contributed by atoms with E-state index in [0.717, 1.165) is 57.8 Å². The molecule has 1 heterocycles. The Balaban J connectivity index is 1.36. The van der Waals surface area contributed by atoms with Crippen molar-refractivity contribution >= 4 is 0 Å². The third-order valence-corrected chi connectivity index (χ3v) is 14.0. The van der Waals surface area contributed by atoms with Crippen molar-refractivity contribution in [2.45, 2.75) is 149 Å². The molecule has 7 nitrogen and oxygen atoms in total. The molecule has 246 valence electrons. The molecule has 5 rings (SSSR count). The number of rotatable bonds is 7. The molecule has 0 bridgehead atoms. The van der Waals surface area contributed by atoms with Gasteiger partial charge in [0.2, 0.25) is 0 Å². The van der Waals surface area contributed by atoms with Crippen LogP contribution in [0.1, 0.15) is 106 Å². The molecule has 43 heavy (non-hydrogen) atoms. The molecule has 4 aliphatic carbocycles. The van der Waals surface area contributed by atoms with E-state index >= 15 is 0 Å². The summed E-state index contributed by atoms with van der Waals surface area (Å²) in [6.45, 7) is 20.4.